The van der Waals surface area contributed by atoms with Gasteiger partial charge in [0.1, 0.15) is 5.01 Å². The van der Waals surface area contributed by atoms with Crippen LogP contribution in [0.4, 0.5) is 0 Å². The Morgan fingerprint density at radius 3 is 2.71 bits per heavy atom. The number of nitrogens with one attached hydrogen (secondary N) is 1. The molecule has 0 spiro atoms. The van der Waals surface area contributed by atoms with Crippen molar-refractivity contribution in [2.75, 3.05) is 13.1 Å². The van der Waals surface area contributed by atoms with Crippen LogP contribution < -0.4 is 5.32 Å². The van der Waals surface area contributed by atoms with Crippen LogP contribution in [0.2, 0.25) is 0 Å². The van der Waals surface area contributed by atoms with Gasteiger partial charge in [0.15, 0.2) is 0 Å². The number of aromatic nitrogens is 1. The van der Waals surface area contributed by atoms with E-state index in [1.165, 1.54) is 0 Å². The van der Waals surface area contributed by atoms with Crippen LogP contribution in [0.25, 0.3) is 0 Å². The zero-order chi connectivity index (χ0) is 17.0. The van der Waals surface area contributed by atoms with E-state index in [4.69, 9.17) is 0 Å². The van der Waals surface area contributed by atoms with Gasteiger partial charge in [-0.15, -0.1) is 11.3 Å². The zero-order valence-corrected chi connectivity index (χ0v) is 15.3. The van der Waals surface area contributed by atoms with Crippen molar-refractivity contribution >= 4 is 23.2 Å². The van der Waals surface area contributed by atoms with Gasteiger partial charge in [-0.1, -0.05) is 25.7 Å². The lowest BCUT2D eigenvalue weighted by atomic mass is 9.98. The normalized spacial score (nSPS) is 21.4. The standard InChI is InChI=1S/C18H27N3O2S/c1-14-13-24-17(19-14)18(9-5-6-10-18)20-15(22)12-21-11-7-3-2-4-8-16(21)23/h13H,2-12H2,1H3,(H,20,22). The smallest absolute Gasteiger partial charge is 0.240 e. The monoisotopic (exact) mass is 349 g/mol. The highest BCUT2D eigenvalue weighted by molar-refractivity contribution is 7.09. The van der Waals surface area contributed by atoms with Crippen molar-refractivity contribution in [3.05, 3.63) is 16.1 Å². The van der Waals surface area contributed by atoms with Gasteiger partial charge < -0.3 is 10.2 Å². The average Bonchev–Trinajstić information content (AvgIpc) is 3.17. The molecule has 1 aromatic rings. The number of thiazole rings is 1. The SMILES string of the molecule is Cc1csc(C2(NC(=O)CN3CCCCCCC3=O)CCCC2)n1. The van der Waals surface area contributed by atoms with Gasteiger partial charge in [-0.05, 0) is 32.6 Å². The first-order chi connectivity index (χ1) is 11.6. The molecule has 5 nitrogen and oxygen atoms in total. The van der Waals surface area contributed by atoms with Crippen molar-refractivity contribution in [2.24, 2.45) is 0 Å². The van der Waals surface area contributed by atoms with E-state index in [0.717, 1.165) is 62.1 Å². The molecule has 2 heterocycles. The number of aryl methyl sites for hydroxylation is 1. The Morgan fingerprint density at radius 2 is 2.00 bits per heavy atom. The van der Waals surface area contributed by atoms with E-state index in [1.807, 2.05) is 12.3 Å². The van der Waals surface area contributed by atoms with E-state index in [9.17, 15) is 9.59 Å². The number of nitrogens with zero attached hydrogens (tertiary/aromatic N) is 2. The minimum absolute atomic E-state index is 0.0429. The lowest BCUT2D eigenvalue weighted by molar-refractivity contribution is -0.137. The van der Waals surface area contributed by atoms with Crippen molar-refractivity contribution in [1.82, 2.24) is 15.2 Å². The predicted molar refractivity (Wildman–Crippen MR) is 94.8 cm³/mol. The summed E-state index contributed by atoms with van der Waals surface area (Å²) in [5.41, 5.74) is 0.691. The molecule has 6 heteroatoms. The second-order valence-corrected chi connectivity index (χ2v) is 7.97. The van der Waals surface area contributed by atoms with Crippen LogP contribution in [0.1, 0.15) is 68.5 Å². The number of rotatable bonds is 4. The Kier molecular flexibility index (Phi) is 5.54. The van der Waals surface area contributed by atoms with Gasteiger partial charge in [0.25, 0.3) is 0 Å². The minimum atomic E-state index is -0.318. The Labute approximate surface area is 147 Å². The molecule has 2 aliphatic rings. The van der Waals surface area contributed by atoms with Crippen LogP contribution in [0.15, 0.2) is 5.38 Å². The number of carbonyl (C=O) groups is 2. The molecule has 0 bridgehead atoms. The van der Waals surface area contributed by atoms with Gasteiger partial charge in [0.05, 0.1) is 12.1 Å². The Balaban J connectivity index is 1.66. The molecule has 1 saturated carbocycles. The van der Waals surface area contributed by atoms with Gasteiger partial charge in [0.2, 0.25) is 11.8 Å². The fourth-order valence-corrected chi connectivity index (χ4v) is 4.82. The summed E-state index contributed by atoms with van der Waals surface area (Å²) in [4.78, 5) is 31.3. The summed E-state index contributed by atoms with van der Waals surface area (Å²) in [6.45, 7) is 2.88. The molecule has 1 aliphatic heterocycles. The third-order valence-electron chi connectivity index (χ3n) is 5.12. The topological polar surface area (TPSA) is 62.3 Å². The van der Waals surface area contributed by atoms with Crippen LogP contribution in [0, 0.1) is 6.92 Å². The molecule has 1 aromatic heterocycles. The molecule has 0 aromatic carbocycles. The van der Waals surface area contributed by atoms with Gasteiger partial charge in [-0.25, -0.2) is 4.98 Å². The lowest BCUT2D eigenvalue weighted by Crippen LogP contribution is -2.49. The molecule has 0 unspecified atom stereocenters. The van der Waals surface area contributed by atoms with E-state index in [-0.39, 0.29) is 23.9 Å². The molecule has 1 N–H and O–H groups in total. The molecule has 2 fully saturated rings. The minimum Gasteiger partial charge on any atom is -0.343 e. The fraction of sp³-hybridized carbons (Fsp3) is 0.722. The second-order valence-electron chi connectivity index (χ2n) is 7.11. The van der Waals surface area contributed by atoms with Crippen molar-refractivity contribution in [3.63, 3.8) is 0 Å². The number of likely N-dealkylation sites (tertiary alicyclic amines) is 1. The first-order valence-corrected chi connectivity index (χ1v) is 9.98. The molecule has 3 rings (SSSR count). The van der Waals surface area contributed by atoms with Crippen LogP contribution in [0.5, 0.6) is 0 Å². The van der Waals surface area contributed by atoms with E-state index < -0.39 is 0 Å². The summed E-state index contributed by atoms with van der Waals surface area (Å²) in [6.07, 6.45) is 8.90. The van der Waals surface area contributed by atoms with Crippen molar-refractivity contribution in [3.8, 4) is 0 Å². The highest BCUT2D eigenvalue weighted by Gasteiger charge is 2.39. The van der Waals surface area contributed by atoms with Gasteiger partial charge in [0, 0.05) is 24.0 Å². The maximum Gasteiger partial charge on any atom is 0.240 e. The van der Waals surface area contributed by atoms with Gasteiger partial charge in [-0.3, -0.25) is 9.59 Å². The quantitative estimate of drug-likeness (QED) is 0.908. The lowest BCUT2D eigenvalue weighted by Gasteiger charge is -2.30. The molecule has 1 aliphatic carbocycles. The van der Waals surface area contributed by atoms with Gasteiger partial charge >= 0.3 is 0 Å². The van der Waals surface area contributed by atoms with E-state index in [1.54, 1.807) is 16.2 Å². The largest absolute Gasteiger partial charge is 0.343 e. The van der Waals surface area contributed by atoms with Crippen molar-refractivity contribution < 1.29 is 9.59 Å². The molecule has 2 amide bonds. The van der Waals surface area contributed by atoms with Crippen LogP contribution >= 0.6 is 11.3 Å². The highest BCUT2D eigenvalue weighted by atomic mass is 32.1. The third-order valence-corrected chi connectivity index (χ3v) is 6.28. The van der Waals surface area contributed by atoms with E-state index in [2.05, 4.69) is 10.3 Å². The summed E-state index contributed by atoms with van der Waals surface area (Å²) in [5.74, 6) is 0.0779. The molecular formula is C18H27N3O2S. The Bertz CT molecular complexity index is 593. The maximum absolute atomic E-state index is 12.7. The Morgan fingerprint density at radius 1 is 1.25 bits per heavy atom. The number of hydrogen-bond acceptors (Lipinski definition) is 4. The number of carbonyl (C=O) groups excluding carboxylic acids is 2. The maximum atomic E-state index is 12.7. The second kappa shape index (κ2) is 7.64. The molecule has 0 radical (unpaired) electrons. The number of hydrogen-bond donors (Lipinski definition) is 1. The zero-order valence-electron chi connectivity index (χ0n) is 14.5. The third kappa shape index (κ3) is 3.97. The summed E-state index contributed by atoms with van der Waals surface area (Å²) >= 11 is 1.63. The van der Waals surface area contributed by atoms with Crippen LogP contribution in [0.3, 0.4) is 0 Å². The molecule has 1 saturated heterocycles. The Hall–Kier alpha value is -1.43. The first-order valence-electron chi connectivity index (χ1n) is 9.10. The summed E-state index contributed by atoms with van der Waals surface area (Å²) in [6, 6.07) is 0. The highest BCUT2D eigenvalue weighted by Crippen LogP contribution is 2.40. The summed E-state index contributed by atoms with van der Waals surface area (Å²) < 4.78 is 0. The average molecular weight is 350 g/mol. The van der Waals surface area contributed by atoms with E-state index in [0.29, 0.717) is 13.0 Å². The van der Waals surface area contributed by atoms with Crippen molar-refractivity contribution in [2.45, 2.75) is 70.3 Å². The van der Waals surface area contributed by atoms with E-state index >= 15 is 0 Å². The molecule has 0 atom stereocenters. The fourth-order valence-electron chi connectivity index (χ4n) is 3.81. The van der Waals surface area contributed by atoms with Crippen LogP contribution in [-0.2, 0) is 15.1 Å². The summed E-state index contributed by atoms with van der Waals surface area (Å²) in [5, 5.41) is 6.30. The summed E-state index contributed by atoms with van der Waals surface area (Å²) in [7, 11) is 0. The molecule has 24 heavy (non-hydrogen) atoms. The first kappa shape index (κ1) is 17.4. The number of amides is 2. The van der Waals surface area contributed by atoms with Crippen LogP contribution in [-0.4, -0.2) is 34.8 Å². The molecular weight excluding hydrogens is 322 g/mol. The molecule has 132 valence electrons. The predicted octanol–water partition coefficient (Wildman–Crippen LogP) is 3.13. The van der Waals surface area contributed by atoms with Crippen molar-refractivity contribution in [1.29, 1.82) is 0 Å². The van der Waals surface area contributed by atoms with Gasteiger partial charge in [-0.2, -0.15) is 0 Å².